The molecule has 0 radical (unpaired) electrons. The van der Waals surface area contributed by atoms with Gasteiger partial charge in [0.05, 0.1) is 16.6 Å². The predicted molar refractivity (Wildman–Crippen MR) is 111 cm³/mol. The second-order valence-corrected chi connectivity index (χ2v) is 8.35. The Kier molecular flexibility index (Phi) is 4.48. The van der Waals surface area contributed by atoms with E-state index in [4.69, 9.17) is 0 Å². The minimum Gasteiger partial charge on any atom is -0.358 e. The number of fused-ring (bicyclic) bond motifs is 1. The van der Waals surface area contributed by atoms with Gasteiger partial charge in [-0.25, -0.2) is 18.4 Å². The van der Waals surface area contributed by atoms with E-state index in [1.165, 1.54) is 6.26 Å². The molecule has 2 aromatic heterocycles. The maximum atomic E-state index is 11.6. The van der Waals surface area contributed by atoms with Crippen molar-refractivity contribution in [2.24, 2.45) is 0 Å². The second kappa shape index (κ2) is 6.97. The van der Waals surface area contributed by atoms with Gasteiger partial charge in [0.1, 0.15) is 11.3 Å². The number of para-hydroxylation sites is 1. The molecule has 4 rings (SSSR count). The van der Waals surface area contributed by atoms with E-state index >= 15 is 0 Å². The molecule has 2 N–H and O–H groups in total. The first-order valence-corrected chi connectivity index (χ1v) is 10.5. The van der Waals surface area contributed by atoms with Crippen LogP contribution in [0.3, 0.4) is 0 Å². The summed E-state index contributed by atoms with van der Waals surface area (Å²) in [6.07, 6.45) is 2.90. The molecule has 0 unspecified atom stereocenters. The standard InChI is InChI=1S/C20H19N5O2S/c1-21-20-24-17-13-22-19(12-18(17)25(20)15-6-4-3-5-7-15)23-14-8-10-16(11-9-14)28(2,26)27/h3-13H,1-2H3,(H,21,24)(H,22,23). The second-order valence-electron chi connectivity index (χ2n) is 6.34. The number of rotatable bonds is 5. The lowest BCUT2D eigenvalue weighted by Crippen LogP contribution is -2.01. The topological polar surface area (TPSA) is 88.9 Å². The van der Waals surface area contributed by atoms with Crippen LogP contribution in [-0.4, -0.2) is 36.3 Å². The van der Waals surface area contributed by atoms with Crippen molar-refractivity contribution in [1.82, 2.24) is 14.5 Å². The monoisotopic (exact) mass is 393 g/mol. The highest BCUT2D eigenvalue weighted by Gasteiger charge is 2.13. The molecule has 0 fully saturated rings. The molecule has 4 aromatic rings. The van der Waals surface area contributed by atoms with Gasteiger partial charge in [0.2, 0.25) is 5.95 Å². The summed E-state index contributed by atoms with van der Waals surface area (Å²) in [7, 11) is -1.39. The first kappa shape index (κ1) is 18.0. The molecule has 2 aromatic carbocycles. The largest absolute Gasteiger partial charge is 0.358 e. The van der Waals surface area contributed by atoms with E-state index in [1.54, 1.807) is 30.5 Å². The molecule has 142 valence electrons. The molecule has 2 heterocycles. The third-order valence-corrected chi connectivity index (χ3v) is 5.46. The summed E-state index contributed by atoms with van der Waals surface area (Å²) in [6, 6.07) is 18.4. The lowest BCUT2D eigenvalue weighted by molar-refractivity contribution is 0.602. The minimum atomic E-state index is -3.22. The van der Waals surface area contributed by atoms with Gasteiger partial charge in [0, 0.05) is 30.7 Å². The van der Waals surface area contributed by atoms with E-state index in [2.05, 4.69) is 20.6 Å². The van der Waals surface area contributed by atoms with Crippen molar-refractivity contribution in [2.75, 3.05) is 23.9 Å². The molecule has 0 spiro atoms. The van der Waals surface area contributed by atoms with Crippen LogP contribution in [0.15, 0.2) is 71.8 Å². The molecular formula is C20H19N5O2S. The molecule has 0 aliphatic rings. The van der Waals surface area contributed by atoms with E-state index < -0.39 is 9.84 Å². The van der Waals surface area contributed by atoms with Gasteiger partial charge in [-0.05, 0) is 36.4 Å². The fourth-order valence-electron chi connectivity index (χ4n) is 2.99. The van der Waals surface area contributed by atoms with E-state index in [0.717, 1.165) is 28.4 Å². The third kappa shape index (κ3) is 3.41. The molecule has 0 aliphatic heterocycles. The van der Waals surface area contributed by atoms with Crippen LogP contribution in [0.1, 0.15) is 0 Å². The van der Waals surface area contributed by atoms with E-state index in [9.17, 15) is 8.42 Å². The summed E-state index contributed by atoms with van der Waals surface area (Å²) in [6.45, 7) is 0. The maximum absolute atomic E-state index is 11.6. The number of aromatic nitrogens is 3. The Labute approximate surface area is 163 Å². The van der Waals surface area contributed by atoms with Gasteiger partial charge in [0.15, 0.2) is 9.84 Å². The first-order valence-electron chi connectivity index (χ1n) is 8.64. The van der Waals surface area contributed by atoms with E-state index in [0.29, 0.717) is 5.82 Å². The number of benzene rings is 2. The van der Waals surface area contributed by atoms with Crippen LogP contribution < -0.4 is 10.6 Å². The zero-order chi connectivity index (χ0) is 19.7. The summed E-state index contributed by atoms with van der Waals surface area (Å²) in [5.74, 6) is 1.36. The van der Waals surface area contributed by atoms with Gasteiger partial charge < -0.3 is 10.6 Å². The Morgan fingerprint density at radius 3 is 2.36 bits per heavy atom. The smallest absolute Gasteiger partial charge is 0.208 e. The van der Waals surface area contributed by atoms with Gasteiger partial charge in [-0.3, -0.25) is 4.57 Å². The summed E-state index contributed by atoms with van der Waals surface area (Å²) < 4.78 is 25.2. The van der Waals surface area contributed by atoms with Crippen molar-refractivity contribution in [3.05, 3.63) is 66.9 Å². The molecule has 0 saturated heterocycles. The first-order chi connectivity index (χ1) is 13.5. The normalized spacial score (nSPS) is 11.5. The highest BCUT2D eigenvalue weighted by Crippen LogP contribution is 2.27. The molecular weight excluding hydrogens is 374 g/mol. The fourth-order valence-corrected chi connectivity index (χ4v) is 3.62. The molecule has 0 bridgehead atoms. The zero-order valence-corrected chi connectivity index (χ0v) is 16.2. The van der Waals surface area contributed by atoms with Crippen LogP contribution in [0.4, 0.5) is 17.5 Å². The summed E-state index contributed by atoms with van der Waals surface area (Å²) in [5.41, 5.74) is 3.41. The van der Waals surface area contributed by atoms with Crippen molar-refractivity contribution in [2.45, 2.75) is 4.90 Å². The van der Waals surface area contributed by atoms with Crippen molar-refractivity contribution in [1.29, 1.82) is 0 Å². The van der Waals surface area contributed by atoms with Crippen LogP contribution in [-0.2, 0) is 9.84 Å². The quantitative estimate of drug-likeness (QED) is 0.538. The lowest BCUT2D eigenvalue weighted by atomic mass is 10.3. The number of nitrogens with zero attached hydrogens (tertiary/aromatic N) is 3. The Morgan fingerprint density at radius 1 is 1.00 bits per heavy atom. The van der Waals surface area contributed by atoms with Crippen LogP contribution in [0.5, 0.6) is 0 Å². The van der Waals surface area contributed by atoms with Gasteiger partial charge in [-0.1, -0.05) is 18.2 Å². The number of anilines is 3. The SMILES string of the molecule is CNc1nc2cnc(Nc3ccc(S(C)(=O)=O)cc3)cc2n1-c1ccccc1. The predicted octanol–water partition coefficient (Wildman–Crippen LogP) is 3.61. The molecule has 7 nitrogen and oxygen atoms in total. The van der Waals surface area contributed by atoms with Crippen LogP contribution in [0, 0.1) is 0 Å². The van der Waals surface area contributed by atoms with Crippen molar-refractivity contribution in [3.63, 3.8) is 0 Å². The van der Waals surface area contributed by atoms with Crippen LogP contribution in [0.2, 0.25) is 0 Å². The lowest BCUT2D eigenvalue weighted by Gasteiger charge is -2.10. The highest BCUT2D eigenvalue weighted by molar-refractivity contribution is 7.90. The van der Waals surface area contributed by atoms with Crippen molar-refractivity contribution >= 4 is 38.3 Å². The van der Waals surface area contributed by atoms with Crippen LogP contribution in [0.25, 0.3) is 16.7 Å². The van der Waals surface area contributed by atoms with Crippen LogP contribution >= 0.6 is 0 Å². The Balaban J connectivity index is 1.73. The average molecular weight is 393 g/mol. The number of imidazole rings is 1. The summed E-state index contributed by atoms with van der Waals surface area (Å²) in [4.78, 5) is 9.29. The number of nitrogens with one attached hydrogen (secondary N) is 2. The molecule has 8 heteroatoms. The van der Waals surface area contributed by atoms with Gasteiger partial charge in [-0.15, -0.1) is 0 Å². The maximum Gasteiger partial charge on any atom is 0.208 e. The van der Waals surface area contributed by atoms with Crippen molar-refractivity contribution < 1.29 is 8.42 Å². The number of hydrogen-bond acceptors (Lipinski definition) is 6. The van der Waals surface area contributed by atoms with Crippen molar-refractivity contribution in [3.8, 4) is 5.69 Å². The Hall–Kier alpha value is -3.39. The molecule has 0 atom stereocenters. The van der Waals surface area contributed by atoms with Gasteiger partial charge in [0.25, 0.3) is 0 Å². The summed E-state index contributed by atoms with van der Waals surface area (Å²) >= 11 is 0. The molecule has 0 saturated carbocycles. The van der Waals surface area contributed by atoms with E-state index in [-0.39, 0.29) is 4.90 Å². The number of sulfone groups is 1. The fraction of sp³-hybridized carbons (Fsp3) is 0.100. The third-order valence-electron chi connectivity index (χ3n) is 4.33. The Bertz CT molecular complexity index is 1230. The molecule has 0 amide bonds. The minimum absolute atomic E-state index is 0.280. The molecule has 0 aliphatic carbocycles. The van der Waals surface area contributed by atoms with Gasteiger partial charge in [-0.2, -0.15) is 0 Å². The Morgan fingerprint density at radius 2 is 1.71 bits per heavy atom. The highest BCUT2D eigenvalue weighted by atomic mass is 32.2. The van der Waals surface area contributed by atoms with E-state index in [1.807, 2.05) is 48.0 Å². The zero-order valence-electron chi connectivity index (χ0n) is 15.4. The number of hydrogen-bond donors (Lipinski definition) is 2. The van der Waals surface area contributed by atoms with Gasteiger partial charge >= 0.3 is 0 Å². The number of pyridine rings is 1. The average Bonchev–Trinajstić information content (AvgIpc) is 3.06. The summed E-state index contributed by atoms with van der Waals surface area (Å²) in [5, 5.41) is 6.33. The molecule has 28 heavy (non-hydrogen) atoms.